The summed E-state index contributed by atoms with van der Waals surface area (Å²) < 4.78 is 4.98. The van der Waals surface area contributed by atoms with Gasteiger partial charge in [0.2, 0.25) is 0 Å². The minimum absolute atomic E-state index is 0.170. The highest BCUT2D eigenvalue weighted by molar-refractivity contribution is 7.80. The first-order chi connectivity index (χ1) is 4.66. The van der Waals surface area contributed by atoms with E-state index in [1.807, 2.05) is 13.8 Å². The number of nitrogens with zero attached hydrogens (tertiary/aromatic N) is 1. The molecule has 0 atom stereocenters. The standard InChI is InChI=1S/C6H9NOS2/c1-5(2)3-8-6(10)7-4-9/h5H,3H2,1-2H3. The van der Waals surface area contributed by atoms with Crippen LogP contribution in [-0.2, 0) is 4.74 Å². The van der Waals surface area contributed by atoms with Gasteiger partial charge in [-0.1, -0.05) is 13.8 Å². The second kappa shape index (κ2) is 5.47. The highest BCUT2D eigenvalue weighted by atomic mass is 32.1. The van der Waals surface area contributed by atoms with Crippen LogP contribution in [0.15, 0.2) is 4.99 Å². The fourth-order valence-corrected chi connectivity index (χ4v) is 0.562. The third-order valence-corrected chi connectivity index (χ3v) is 0.977. The maximum Gasteiger partial charge on any atom is 0.292 e. The Morgan fingerprint density at radius 1 is 1.70 bits per heavy atom. The van der Waals surface area contributed by atoms with Gasteiger partial charge in [0.05, 0.1) is 11.8 Å². The van der Waals surface area contributed by atoms with Gasteiger partial charge in [0.1, 0.15) is 0 Å². The predicted molar refractivity (Wildman–Crippen MR) is 48.4 cm³/mol. The van der Waals surface area contributed by atoms with Crippen LogP contribution in [0.1, 0.15) is 13.8 Å². The normalized spacial score (nSPS) is 8.70. The van der Waals surface area contributed by atoms with E-state index >= 15 is 0 Å². The Balaban J connectivity index is 3.50. The van der Waals surface area contributed by atoms with Crippen molar-refractivity contribution >= 4 is 34.8 Å². The lowest BCUT2D eigenvalue weighted by Crippen LogP contribution is -2.05. The van der Waals surface area contributed by atoms with Crippen LogP contribution in [0.5, 0.6) is 0 Å². The van der Waals surface area contributed by atoms with Gasteiger partial charge in [-0.3, -0.25) is 0 Å². The highest BCUT2D eigenvalue weighted by Crippen LogP contribution is 1.93. The Hall–Kier alpha value is -0.310. The van der Waals surface area contributed by atoms with Crippen molar-refractivity contribution in [3.63, 3.8) is 0 Å². The van der Waals surface area contributed by atoms with E-state index in [-0.39, 0.29) is 5.17 Å². The van der Waals surface area contributed by atoms with Crippen molar-refractivity contribution in [2.45, 2.75) is 13.8 Å². The van der Waals surface area contributed by atoms with Gasteiger partial charge in [-0.2, -0.15) is 0 Å². The van der Waals surface area contributed by atoms with Crippen molar-refractivity contribution in [2.24, 2.45) is 10.9 Å². The van der Waals surface area contributed by atoms with Gasteiger partial charge in [-0.15, -0.1) is 4.99 Å². The number of rotatable bonds is 2. The Morgan fingerprint density at radius 3 is 2.70 bits per heavy atom. The SMILES string of the molecule is CC(C)COC(=S)N=C=S. The molecule has 0 saturated carbocycles. The van der Waals surface area contributed by atoms with Crippen LogP contribution in [0.3, 0.4) is 0 Å². The maximum absolute atomic E-state index is 4.98. The molecule has 0 heterocycles. The summed E-state index contributed by atoms with van der Waals surface area (Å²) in [5.74, 6) is 0.457. The largest absolute Gasteiger partial charge is 0.469 e. The zero-order valence-electron chi connectivity index (χ0n) is 5.96. The first-order valence-corrected chi connectivity index (χ1v) is 3.73. The Labute approximate surface area is 71.3 Å². The third-order valence-electron chi connectivity index (χ3n) is 0.677. The Bertz CT molecular complexity index is 161. The Morgan fingerprint density at radius 2 is 2.30 bits per heavy atom. The molecule has 0 unspecified atom stereocenters. The minimum Gasteiger partial charge on any atom is -0.469 e. The number of ether oxygens (including phenoxy) is 1. The molecular weight excluding hydrogens is 166 g/mol. The van der Waals surface area contributed by atoms with E-state index in [1.165, 1.54) is 0 Å². The van der Waals surface area contributed by atoms with Gasteiger partial charge < -0.3 is 4.74 Å². The van der Waals surface area contributed by atoms with E-state index in [0.29, 0.717) is 12.5 Å². The fourth-order valence-electron chi connectivity index (χ4n) is 0.307. The van der Waals surface area contributed by atoms with Crippen molar-refractivity contribution in [3.05, 3.63) is 0 Å². The van der Waals surface area contributed by atoms with E-state index in [2.05, 4.69) is 34.6 Å². The number of aliphatic imine (C=N–C) groups is 1. The molecule has 2 nitrogen and oxygen atoms in total. The van der Waals surface area contributed by atoms with Gasteiger partial charge in [0.15, 0.2) is 0 Å². The molecule has 0 amide bonds. The number of hydrogen-bond acceptors (Lipinski definition) is 3. The third kappa shape index (κ3) is 5.82. The van der Waals surface area contributed by atoms with Crippen LogP contribution in [-0.4, -0.2) is 16.9 Å². The van der Waals surface area contributed by atoms with Gasteiger partial charge in [0, 0.05) is 0 Å². The maximum atomic E-state index is 4.98. The molecule has 0 aromatic carbocycles. The Kier molecular flexibility index (Phi) is 5.30. The zero-order valence-corrected chi connectivity index (χ0v) is 7.59. The van der Waals surface area contributed by atoms with Crippen LogP contribution in [0.2, 0.25) is 0 Å². The average molecular weight is 175 g/mol. The lowest BCUT2D eigenvalue weighted by molar-refractivity contribution is 0.262. The van der Waals surface area contributed by atoms with Crippen molar-refractivity contribution in [2.75, 3.05) is 6.61 Å². The molecule has 0 aliphatic carbocycles. The number of thiocarbonyl (C=S) groups is 2. The summed E-state index contributed by atoms with van der Waals surface area (Å²) in [4.78, 5) is 3.47. The molecule has 0 aromatic rings. The number of isothiocyanates is 1. The summed E-state index contributed by atoms with van der Waals surface area (Å²) in [5.41, 5.74) is 0. The first kappa shape index (κ1) is 9.69. The fraction of sp³-hybridized carbons (Fsp3) is 0.667. The van der Waals surface area contributed by atoms with Crippen LogP contribution < -0.4 is 0 Å². The molecule has 0 spiro atoms. The second-order valence-corrected chi connectivity index (χ2v) is 2.71. The van der Waals surface area contributed by atoms with Crippen LogP contribution >= 0.6 is 24.4 Å². The predicted octanol–water partition coefficient (Wildman–Crippen LogP) is 2.05. The van der Waals surface area contributed by atoms with E-state index < -0.39 is 0 Å². The van der Waals surface area contributed by atoms with E-state index in [1.54, 1.807) is 0 Å². The first-order valence-electron chi connectivity index (χ1n) is 2.91. The zero-order chi connectivity index (χ0) is 7.98. The highest BCUT2D eigenvalue weighted by Gasteiger charge is 1.95. The molecule has 56 valence electrons. The molecule has 0 aromatic heterocycles. The molecule has 0 radical (unpaired) electrons. The lowest BCUT2D eigenvalue weighted by atomic mass is 10.2. The molecule has 0 N–H and O–H groups in total. The van der Waals surface area contributed by atoms with Crippen LogP contribution in [0.4, 0.5) is 0 Å². The molecule has 0 rings (SSSR count). The summed E-state index contributed by atoms with van der Waals surface area (Å²) >= 11 is 8.98. The molecule has 0 aliphatic rings. The summed E-state index contributed by atoms with van der Waals surface area (Å²) in [5, 5.41) is 2.30. The van der Waals surface area contributed by atoms with Crippen molar-refractivity contribution in [1.82, 2.24) is 0 Å². The molecule has 0 bridgehead atoms. The molecular formula is C6H9NOS2. The van der Waals surface area contributed by atoms with Crippen LogP contribution in [0, 0.1) is 5.92 Å². The second-order valence-electron chi connectivity index (χ2n) is 2.17. The summed E-state index contributed by atoms with van der Waals surface area (Å²) in [7, 11) is 0. The minimum atomic E-state index is 0.170. The smallest absolute Gasteiger partial charge is 0.292 e. The van der Waals surface area contributed by atoms with Gasteiger partial charge in [0.25, 0.3) is 5.17 Å². The number of hydrogen-bond donors (Lipinski definition) is 0. The molecule has 4 heteroatoms. The monoisotopic (exact) mass is 175 g/mol. The lowest BCUT2D eigenvalue weighted by Gasteiger charge is -2.03. The van der Waals surface area contributed by atoms with Gasteiger partial charge >= 0.3 is 0 Å². The van der Waals surface area contributed by atoms with Crippen molar-refractivity contribution in [3.8, 4) is 0 Å². The van der Waals surface area contributed by atoms with Gasteiger partial charge in [-0.05, 0) is 30.4 Å². The van der Waals surface area contributed by atoms with Crippen molar-refractivity contribution < 1.29 is 4.74 Å². The quantitative estimate of drug-likeness (QED) is 0.473. The topological polar surface area (TPSA) is 21.6 Å². The van der Waals surface area contributed by atoms with E-state index in [9.17, 15) is 0 Å². The van der Waals surface area contributed by atoms with E-state index in [0.717, 1.165) is 0 Å². The van der Waals surface area contributed by atoms with Crippen molar-refractivity contribution in [1.29, 1.82) is 0 Å². The molecule has 0 fully saturated rings. The van der Waals surface area contributed by atoms with E-state index in [4.69, 9.17) is 4.74 Å². The molecule has 0 saturated heterocycles. The average Bonchev–Trinajstić information content (AvgIpc) is 1.85. The van der Waals surface area contributed by atoms with Gasteiger partial charge in [-0.25, -0.2) is 0 Å². The van der Waals surface area contributed by atoms with Crippen LogP contribution in [0.25, 0.3) is 0 Å². The molecule has 0 aliphatic heterocycles. The molecule has 10 heavy (non-hydrogen) atoms. The summed E-state index contributed by atoms with van der Waals surface area (Å²) in [6.45, 7) is 4.65. The summed E-state index contributed by atoms with van der Waals surface area (Å²) in [6, 6.07) is 0. The summed E-state index contributed by atoms with van der Waals surface area (Å²) in [6.07, 6.45) is 0.